The van der Waals surface area contributed by atoms with E-state index in [-0.39, 0.29) is 18.2 Å². The molecule has 4 nitrogen and oxygen atoms in total. The lowest BCUT2D eigenvalue weighted by Crippen LogP contribution is -2.38. The minimum atomic E-state index is -1.00. The third-order valence-electron chi connectivity index (χ3n) is 4.64. The van der Waals surface area contributed by atoms with Crippen LogP contribution in [0.5, 0.6) is 17.2 Å². The second kappa shape index (κ2) is 7.93. The molecule has 0 bridgehead atoms. The van der Waals surface area contributed by atoms with Gasteiger partial charge in [-0.3, -0.25) is 0 Å². The van der Waals surface area contributed by atoms with Gasteiger partial charge in [-0.05, 0) is 48.7 Å². The van der Waals surface area contributed by atoms with Crippen LogP contribution < -0.4 is 19.5 Å². The van der Waals surface area contributed by atoms with Crippen LogP contribution in [0.1, 0.15) is 19.3 Å². The van der Waals surface area contributed by atoms with E-state index in [0.29, 0.717) is 35.7 Å². The molecule has 3 atom stereocenters. The molecule has 1 saturated heterocycles. The third-order valence-corrected chi connectivity index (χ3v) is 4.64. The van der Waals surface area contributed by atoms with Gasteiger partial charge in [-0.2, -0.15) is 0 Å². The second-order valence-corrected chi connectivity index (χ2v) is 6.16. The molecule has 134 valence electrons. The van der Waals surface area contributed by atoms with E-state index in [1.807, 2.05) is 18.2 Å². The average Bonchev–Trinajstić information content (AvgIpc) is 3.00. The first-order chi connectivity index (χ1) is 12.2. The molecule has 2 aromatic carbocycles. The summed E-state index contributed by atoms with van der Waals surface area (Å²) in [4.78, 5) is 0. The van der Waals surface area contributed by atoms with E-state index in [0.717, 1.165) is 25.1 Å². The molecule has 0 spiro atoms. The summed E-state index contributed by atoms with van der Waals surface area (Å²) < 4.78 is 37.1. The quantitative estimate of drug-likeness (QED) is 0.894. The molecule has 0 saturated carbocycles. The van der Waals surface area contributed by atoms with Gasteiger partial charge in [-0.1, -0.05) is 12.1 Å². The Labute approximate surface area is 154 Å². The fourth-order valence-electron chi connectivity index (χ4n) is 3.35. The molecule has 2 aliphatic rings. The molecule has 1 fully saturated rings. The maximum atomic E-state index is 13.2. The fourth-order valence-corrected chi connectivity index (χ4v) is 3.35. The molecule has 2 aromatic rings. The van der Waals surface area contributed by atoms with Crippen molar-refractivity contribution in [1.29, 1.82) is 0 Å². The topological polar surface area (TPSA) is 39.7 Å². The molecule has 4 rings (SSSR count). The van der Waals surface area contributed by atoms with Crippen molar-refractivity contribution in [1.82, 2.24) is 5.32 Å². The summed E-state index contributed by atoms with van der Waals surface area (Å²) in [6.45, 7) is 1.36. The minimum absolute atomic E-state index is 0. The van der Waals surface area contributed by atoms with Crippen LogP contribution in [0.4, 0.5) is 4.39 Å². The molecule has 1 unspecified atom stereocenters. The Bertz CT molecular complexity index is 746. The minimum Gasteiger partial charge on any atom is -0.493 e. The highest BCUT2D eigenvalue weighted by molar-refractivity contribution is 5.85. The zero-order chi connectivity index (χ0) is 17.2. The van der Waals surface area contributed by atoms with Gasteiger partial charge in [0.2, 0.25) is 6.77 Å². The van der Waals surface area contributed by atoms with E-state index >= 15 is 0 Å². The lowest BCUT2D eigenvalue weighted by Gasteiger charge is -2.32. The zero-order valence-corrected chi connectivity index (χ0v) is 14.4. The van der Waals surface area contributed by atoms with Gasteiger partial charge < -0.3 is 19.5 Å². The van der Waals surface area contributed by atoms with Crippen molar-refractivity contribution < 1.29 is 20.0 Å². The SMILES string of the molecule is Cl.[2H]C1Oc2ccc(OC[C@@H]3CNCC[C@H]3c3ccc(F)cc3)cc2O1. The fraction of sp³-hybridized carbons (Fsp3) is 0.368. The maximum Gasteiger partial charge on any atom is 0.231 e. The summed E-state index contributed by atoms with van der Waals surface area (Å²) in [5, 5.41) is 3.41. The van der Waals surface area contributed by atoms with Gasteiger partial charge >= 0.3 is 0 Å². The van der Waals surface area contributed by atoms with E-state index in [1.54, 1.807) is 12.1 Å². The number of hydrogen-bond donors (Lipinski definition) is 1. The first-order valence-corrected chi connectivity index (χ1v) is 8.17. The van der Waals surface area contributed by atoms with Gasteiger partial charge in [0, 0.05) is 18.5 Å². The number of rotatable bonds is 4. The average molecular weight is 367 g/mol. The zero-order valence-electron chi connectivity index (χ0n) is 14.6. The van der Waals surface area contributed by atoms with Crippen LogP contribution in [-0.2, 0) is 0 Å². The lowest BCUT2D eigenvalue weighted by molar-refractivity contribution is 0.173. The van der Waals surface area contributed by atoms with E-state index < -0.39 is 6.77 Å². The van der Waals surface area contributed by atoms with Gasteiger partial charge in [0.25, 0.3) is 0 Å². The molecule has 2 heterocycles. The first-order valence-electron chi connectivity index (χ1n) is 8.75. The molecule has 2 aliphatic heterocycles. The predicted octanol–water partition coefficient (Wildman–Crippen LogP) is 3.75. The Balaban J connectivity index is 0.00000196. The van der Waals surface area contributed by atoms with Crippen molar-refractivity contribution in [3.63, 3.8) is 0 Å². The Morgan fingerprint density at radius 3 is 2.80 bits per heavy atom. The second-order valence-electron chi connectivity index (χ2n) is 6.16. The van der Waals surface area contributed by atoms with Crippen molar-refractivity contribution >= 4 is 12.4 Å². The number of ether oxygens (including phenoxy) is 3. The molecule has 25 heavy (non-hydrogen) atoms. The van der Waals surface area contributed by atoms with E-state index in [4.69, 9.17) is 15.6 Å². The lowest BCUT2D eigenvalue weighted by atomic mass is 9.81. The van der Waals surface area contributed by atoms with Crippen LogP contribution >= 0.6 is 12.4 Å². The van der Waals surface area contributed by atoms with Crippen molar-refractivity contribution in [2.24, 2.45) is 5.92 Å². The highest BCUT2D eigenvalue weighted by atomic mass is 35.5. The van der Waals surface area contributed by atoms with Crippen LogP contribution in [0.15, 0.2) is 42.5 Å². The first kappa shape index (κ1) is 16.5. The highest BCUT2D eigenvalue weighted by Gasteiger charge is 2.27. The van der Waals surface area contributed by atoms with E-state index in [1.165, 1.54) is 12.1 Å². The van der Waals surface area contributed by atoms with Crippen molar-refractivity contribution in [2.45, 2.75) is 12.3 Å². The molecule has 6 heteroatoms. The number of fused-ring (bicyclic) bond motifs is 1. The largest absolute Gasteiger partial charge is 0.493 e. The molecule has 0 radical (unpaired) electrons. The monoisotopic (exact) mass is 366 g/mol. The van der Waals surface area contributed by atoms with Crippen LogP contribution in [-0.4, -0.2) is 26.5 Å². The van der Waals surface area contributed by atoms with Gasteiger partial charge in [-0.25, -0.2) is 4.39 Å². The Morgan fingerprint density at radius 2 is 1.96 bits per heavy atom. The van der Waals surface area contributed by atoms with Gasteiger partial charge in [0.05, 0.1) is 6.61 Å². The van der Waals surface area contributed by atoms with E-state index in [9.17, 15) is 4.39 Å². The predicted molar refractivity (Wildman–Crippen MR) is 95.4 cm³/mol. The summed E-state index contributed by atoms with van der Waals surface area (Å²) >= 11 is 0. The number of benzene rings is 2. The number of halogens is 2. The summed E-state index contributed by atoms with van der Waals surface area (Å²) in [7, 11) is 0. The van der Waals surface area contributed by atoms with Crippen molar-refractivity contribution in [2.75, 3.05) is 26.5 Å². The standard InChI is InChI=1S/C19H20FNO3.ClH/c20-15-3-1-13(2-4-15)17-7-8-21-10-14(17)11-22-16-5-6-18-19(9-16)24-12-23-18;/h1-6,9,14,17,21H,7-8,10-12H2;1H/t14-,17-;/m0./s1/i12D;/t12?,14-,17-;. The Kier molecular flexibility index (Phi) is 5.23. The Hall–Kier alpha value is -1.98. The summed E-state index contributed by atoms with van der Waals surface area (Å²) in [5.74, 6) is 2.23. The van der Waals surface area contributed by atoms with Gasteiger partial charge in [0.15, 0.2) is 11.5 Å². The summed E-state index contributed by atoms with van der Waals surface area (Å²) in [6, 6.07) is 12.1. The van der Waals surface area contributed by atoms with E-state index in [2.05, 4.69) is 5.32 Å². The molecule has 1 N–H and O–H groups in total. The van der Waals surface area contributed by atoms with Crippen LogP contribution in [0.3, 0.4) is 0 Å². The highest BCUT2D eigenvalue weighted by Crippen LogP contribution is 2.36. The number of nitrogens with one attached hydrogen (secondary N) is 1. The number of hydrogen-bond acceptors (Lipinski definition) is 4. The third kappa shape index (κ3) is 3.99. The van der Waals surface area contributed by atoms with Crippen molar-refractivity contribution in [3.8, 4) is 17.2 Å². The van der Waals surface area contributed by atoms with Crippen LogP contribution in [0.2, 0.25) is 0 Å². The smallest absolute Gasteiger partial charge is 0.231 e. The molecular formula is C19H21ClFNO3. The van der Waals surface area contributed by atoms with Gasteiger partial charge in [-0.15, -0.1) is 12.4 Å². The summed E-state index contributed by atoms with van der Waals surface area (Å²) in [5.41, 5.74) is 1.15. The Morgan fingerprint density at radius 1 is 1.16 bits per heavy atom. The van der Waals surface area contributed by atoms with Crippen LogP contribution in [0, 0.1) is 11.7 Å². The molecular weight excluding hydrogens is 345 g/mol. The maximum absolute atomic E-state index is 13.2. The number of piperidine rings is 1. The normalized spacial score (nSPS) is 25.0. The molecule has 0 aliphatic carbocycles. The van der Waals surface area contributed by atoms with Gasteiger partial charge in [0.1, 0.15) is 12.9 Å². The summed E-state index contributed by atoms with van der Waals surface area (Å²) in [6.07, 6.45) is 1.00. The van der Waals surface area contributed by atoms with Crippen molar-refractivity contribution in [3.05, 3.63) is 53.8 Å². The van der Waals surface area contributed by atoms with Crippen LogP contribution in [0.25, 0.3) is 0 Å². The molecule has 0 aromatic heterocycles. The molecule has 0 amide bonds.